The van der Waals surface area contributed by atoms with Crippen LogP contribution in [0.3, 0.4) is 0 Å². The zero-order chi connectivity index (χ0) is 14.4. The fourth-order valence-electron chi connectivity index (χ4n) is 1.93. The largest absolute Gasteiger partial charge is 0.373 e. The van der Waals surface area contributed by atoms with Gasteiger partial charge in [0.25, 0.3) is 5.91 Å². The van der Waals surface area contributed by atoms with Crippen LogP contribution >= 0.6 is 0 Å². The first-order valence-corrected chi connectivity index (χ1v) is 6.60. The van der Waals surface area contributed by atoms with Crippen molar-refractivity contribution in [3.63, 3.8) is 0 Å². The van der Waals surface area contributed by atoms with Crippen LogP contribution in [-0.2, 0) is 6.42 Å². The quantitative estimate of drug-likeness (QED) is 0.814. The Bertz CT molecular complexity index is 409. The van der Waals surface area contributed by atoms with Gasteiger partial charge in [-0.3, -0.25) is 4.79 Å². The van der Waals surface area contributed by atoms with Gasteiger partial charge in [0.1, 0.15) is 5.82 Å². The normalized spacial score (nSPS) is 12.3. The van der Waals surface area contributed by atoms with Crippen molar-refractivity contribution in [2.24, 2.45) is 0 Å². The lowest BCUT2D eigenvalue weighted by Crippen LogP contribution is -2.39. The Labute approximate surface area is 115 Å². The lowest BCUT2D eigenvalue weighted by atomic mass is 10.1. The van der Waals surface area contributed by atoms with E-state index in [0.29, 0.717) is 5.56 Å². The highest BCUT2D eigenvalue weighted by molar-refractivity contribution is 5.95. The van der Waals surface area contributed by atoms with Crippen molar-refractivity contribution in [1.82, 2.24) is 15.2 Å². The molecule has 0 bridgehead atoms. The molecule has 0 saturated carbocycles. The monoisotopic (exact) mass is 264 g/mol. The molecule has 0 aliphatic carbocycles. The fourth-order valence-corrected chi connectivity index (χ4v) is 1.93. The number of nitrogens with zero attached hydrogens (tertiary/aromatic N) is 2. The predicted octanol–water partition coefficient (Wildman–Crippen LogP) is 1.37. The second-order valence-electron chi connectivity index (χ2n) is 4.97. The van der Waals surface area contributed by atoms with Gasteiger partial charge in [-0.25, -0.2) is 4.98 Å². The van der Waals surface area contributed by atoms with Crippen molar-refractivity contribution in [1.29, 1.82) is 0 Å². The van der Waals surface area contributed by atoms with Crippen LogP contribution in [0.2, 0.25) is 0 Å². The van der Waals surface area contributed by atoms with Crippen molar-refractivity contribution in [3.8, 4) is 0 Å². The van der Waals surface area contributed by atoms with E-state index in [2.05, 4.69) is 15.6 Å². The number of hydrogen-bond donors (Lipinski definition) is 2. The molecule has 1 amide bonds. The molecule has 106 valence electrons. The minimum atomic E-state index is -0.0528. The van der Waals surface area contributed by atoms with E-state index in [4.69, 9.17) is 0 Å². The molecule has 0 aliphatic rings. The summed E-state index contributed by atoms with van der Waals surface area (Å²) in [6.45, 7) is 4.84. The minimum Gasteiger partial charge on any atom is -0.373 e. The lowest BCUT2D eigenvalue weighted by Gasteiger charge is -2.18. The highest BCUT2D eigenvalue weighted by atomic mass is 16.1. The van der Waals surface area contributed by atoms with Gasteiger partial charge in [-0.2, -0.15) is 0 Å². The van der Waals surface area contributed by atoms with Crippen molar-refractivity contribution in [2.45, 2.75) is 26.3 Å². The number of pyridine rings is 1. The molecule has 0 spiro atoms. The molecule has 2 N–H and O–H groups in total. The van der Waals surface area contributed by atoms with Gasteiger partial charge in [-0.15, -0.1) is 0 Å². The number of amides is 1. The second kappa shape index (κ2) is 7.09. The average Bonchev–Trinajstić information content (AvgIpc) is 2.36. The van der Waals surface area contributed by atoms with E-state index in [1.807, 2.05) is 38.9 Å². The van der Waals surface area contributed by atoms with Crippen molar-refractivity contribution in [2.75, 3.05) is 33.0 Å². The summed E-state index contributed by atoms with van der Waals surface area (Å²) in [5.74, 6) is 0.674. The zero-order valence-electron chi connectivity index (χ0n) is 12.4. The number of anilines is 1. The van der Waals surface area contributed by atoms with Crippen LogP contribution in [0.25, 0.3) is 0 Å². The SMILES string of the molecule is CCc1cc(C(=O)NC(C)CN(C)C)cc(NC)n1. The first kappa shape index (κ1) is 15.4. The highest BCUT2D eigenvalue weighted by Gasteiger charge is 2.12. The van der Waals surface area contributed by atoms with Crippen LogP contribution in [-0.4, -0.2) is 49.5 Å². The van der Waals surface area contributed by atoms with Crippen LogP contribution in [0.5, 0.6) is 0 Å². The van der Waals surface area contributed by atoms with E-state index in [9.17, 15) is 4.79 Å². The maximum absolute atomic E-state index is 12.2. The topological polar surface area (TPSA) is 57.3 Å². The van der Waals surface area contributed by atoms with E-state index in [-0.39, 0.29) is 11.9 Å². The van der Waals surface area contributed by atoms with Crippen molar-refractivity contribution in [3.05, 3.63) is 23.4 Å². The molecular weight excluding hydrogens is 240 g/mol. The Morgan fingerprint density at radius 3 is 2.63 bits per heavy atom. The zero-order valence-corrected chi connectivity index (χ0v) is 12.4. The Balaban J connectivity index is 2.81. The lowest BCUT2D eigenvalue weighted by molar-refractivity contribution is 0.0934. The Kier molecular flexibility index (Phi) is 5.76. The van der Waals surface area contributed by atoms with Gasteiger partial charge >= 0.3 is 0 Å². The summed E-state index contributed by atoms with van der Waals surface area (Å²) < 4.78 is 0. The van der Waals surface area contributed by atoms with Crippen LogP contribution in [0.4, 0.5) is 5.82 Å². The fraction of sp³-hybridized carbons (Fsp3) is 0.571. The molecule has 19 heavy (non-hydrogen) atoms. The molecular formula is C14H24N4O. The number of hydrogen-bond acceptors (Lipinski definition) is 4. The summed E-state index contributed by atoms with van der Waals surface area (Å²) in [6, 6.07) is 3.73. The molecule has 5 nitrogen and oxygen atoms in total. The van der Waals surface area contributed by atoms with Gasteiger partial charge < -0.3 is 15.5 Å². The van der Waals surface area contributed by atoms with E-state index in [1.54, 1.807) is 13.1 Å². The average molecular weight is 264 g/mol. The number of carbonyl (C=O) groups is 1. The third-order valence-electron chi connectivity index (χ3n) is 2.78. The number of likely N-dealkylation sites (N-methyl/N-ethyl adjacent to an activating group) is 1. The van der Waals surface area contributed by atoms with E-state index >= 15 is 0 Å². The summed E-state index contributed by atoms with van der Waals surface area (Å²) in [7, 11) is 5.78. The molecule has 0 aliphatic heterocycles. The molecule has 1 aromatic rings. The Morgan fingerprint density at radius 2 is 2.11 bits per heavy atom. The molecule has 0 fully saturated rings. The molecule has 1 atom stereocenters. The number of carbonyl (C=O) groups excluding carboxylic acids is 1. The summed E-state index contributed by atoms with van der Waals surface area (Å²) in [5, 5.41) is 5.98. The van der Waals surface area contributed by atoms with Gasteiger partial charge in [-0.05, 0) is 39.6 Å². The molecule has 1 unspecified atom stereocenters. The highest BCUT2D eigenvalue weighted by Crippen LogP contribution is 2.11. The Morgan fingerprint density at radius 1 is 1.42 bits per heavy atom. The van der Waals surface area contributed by atoms with Crippen LogP contribution in [0.1, 0.15) is 29.9 Å². The molecule has 0 radical (unpaired) electrons. The van der Waals surface area contributed by atoms with Gasteiger partial charge in [0.2, 0.25) is 0 Å². The van der Waals surface area contributed by atoms with Gasteiger partial charge in [0.15, 0.2) is 0 Å². The number of nitrogens with one attached hydrogen (secondary N) is 2. The third kappa shape index (κ3) is 4.87. The maximum Gasteiger partial charge on any atom is 0.251 e. The second-order valence-corrected chi connectivity index (χ2v) is 4.97. The van der Waals surface area contributed by atoms with Crippen LogP contribution < -0.4 is 10.6 Å². The summed E-state index contributed by atoms with van der Waals surface area (Å²) in [5.41, 5.74) is 1.57. The first-order chi connectivity index (χ1) is 8.96. The van der Waals surface area contributed by atoms with Crippen LogP contribution in [0.15, 0.2) is 12.1 Å². The molecule has 0 aromatic carbocycles. The van der Waals surface area contributed by atoms with Crippen LogP contribution in [0, 0.1) is 0 Å². The molecule has 1 aromatic heterocycles. The number of aryl methyl sites for hydroxylation is 1. The summed E-state index contributed by atoms with van der Waals surface area (Å²) >= 11 is 0. The van der Waals surface area contributed by atoms with Crippen molar-refractivity contribution < 1.29 is 4.79 Å². The molecule has 5 heteroatoms. The van der Waals surface area contributed by atoms with Gasteiger partial charge in [-0.1, -0.05) is 6.92 Å². The smallest absolute Gasteiger partial charge is 0.251 e. The summed E-state index contributed by atoms with van der Waals surface area (Å²) in [6.07, 6.45) is 0.809. The summed E-state index contributed by atoms with van der Waals surface area (Å²) in [4.78, 5) is 18.6. The van der Waals surface area contributed by atoms with E-state index < -0.39 is 0 Å². The first-order valence-electron chi connectivity index (χ1n) is 6.60. The minimum absolute atomic E-state index is 0.0528. The number of aromatic nitrogens is 1. The predicted molar refractivity (Wildman–Crippen MR) is 78.6 cm³/mol. The number of rotatable bonds is 6. The van der Waals surface area contributed by atoms with Gasteiger partial charge in [0.05, 0.1) is 0 Å². The molecule has 1 heterocycles. The Hall–Kier alpha value is -1.62. The van der Waals surface area contributed by atoms with Crippen molar-refractivity contribution >= 4 is 11.7 Å². The molecule has 0 saturated heterocycles. The van der Waals surface area contributed by atoms with E-state index in [0.717, 1.165) is 24.5 Å². The van der Waals surface area contributed by atoms with Gasteiger partial charge in [0, 0.05) is 30.9 Å². The third-order valence-corrected chi connectivity index (χ3v) is 2.78. The standard InChI is InChI=1S/C14H24N4O/c1-6-12-7-11(8-13(15-3)17-12)14(19)16-10(2)9-18(4)5/h7-8,10H,6,9H2,1-5H3,(H,15,17)(H,16,19). The molecule has 1 rings (SSSR count). The van der Waals surface area contributed by atoms with E-state index in [1.165, 1.54) is 0 Å². The maximum atomic E-state index is 12.2.